The van der Waals surface area contributed by atoms with Gasteiger partial charge in [-0.2, -0.15) is 0 Å². The molecule has 3 nitrogen and oxygen atoms in total. The maximum atomic E-state index is 12.2. The third kappa shape index (κ3) is 2.55. The van der Waals surface area contributed by atoms with Crippen LogP contribution in [0.2, 0.25) is 0 Å². The molecular weight excluding hydrogens is 317 g/mol. The fourth-order valence-corrected chi connectivity index (χ4v) is 2.43. The molecule has 0 saturated carbocycles. The first-order valence-electron chi connectivity index (χ1n) is 5.34. The summed E-state index contributed by atoms with van der Waals surface area (Å²) in [7, 11) is 0. The Balaban J connectivity index is 2.16. The van der Waals surface area contributed by atoms with E-state index in [0.717, 1.165) is 9.13 Å². The summed E-state index contributed by atoms with van der Waals surface area (Å²) < 4.78 is 6.43. The summed E-state index contributed by atoms with van der Waals surface area (Å²) in [5, 5.41) is 0. The molecule has 86 valence electrons. The van der Waals surface area contributed by atoms with Crippen LogP contribution in [-0.4, -0.2) is 36.6 Å². The zero-order chi connectivity index (χ0) is 11.5. The van der Waals surface area contributed by atoms with E-state index in [1.807, 2.05) is 36.1 Å². The molecule has 1 amide bonds. The van der Waals surface area contributed by atoms with E-state index in [-0.39, 0.29) is 12.0 Å². The Morgan fingerprint density at radius 3 is 2.94 bits per heavy atom. The number of morpholine rings is 1. The Morgan fingerprint density at radius 2 is 2.25 bits per heavy atom. The maximum absolute atomic E-state index is 12.2. The Morgan fingerprint density at radius 1 is 1.50 bits per heavy atom. The molecule has 0 N–H and O–H groups in total. The summed E-state index contributed by atoms with van der Waals surface area (Å²) in [6, 6.07) is 7.68. The average molecular weight is 331 g/mol. The molecule has 1 saturated heterocycles. The molecule has 1 atom stereocenters. The monoisotopic (exact) mass is 331 g/mol. The van der Waals surface area contributed by atoms with Crippen molar-refractivity contribution in [2.75, 3.05) is 19.7 Å². The molecule has 1 aliphatic heterocycles. The highest BCUT2D eigenvalue weighted by Crippen LogP contribution is 2.16. The second-order valence-electron chi connectivity index (χ2n) is 3.91. The van der Waals surface area contributed by atoms with Gasteiger partial charge in [0.05, 0.1) is 18.3 Å². The smallest absolute Gasteiger partial charge is 0.255 e. The Hall–Kier alpha value is -0.620. The second-order valence-corrected chi connectivity index (χ2v) is 5.07. The standard InChI is InChI=1S/C12H14INO2/c1-9-8-14(6-7-16-9)12(15)10-4-2-3-5-11(10)13/h2-5,9H,6-8H2,1H3/t9-/m1/s1. The van der Waals surface area contributed by atoms with Crippen molar-refractivity contribution in [2.45, 2.75) is 13.0 Å². The van der Waals surface area contributed by atoms with Crippen LogP contribution in [0.5, 0.6) is 0 Å². The minimum absolute atomic E-state index is 0.111. The Labute approximate surface area is 109 Å². The zero-order valence-electron chi connectivity index (χ0n) is 9.15. The van der Waals surface area contributed by atoms with E-state index < -0.39 is 0 Å². The number of amides is 1. The molecular formula is C12H14INO2. The van der Waals surface area contributed by atoms with Crippen LogP contribution in [0.4, 0.5) is 0 Å². The van der Waals surface area contributed by atoms with E-state index in [2.05, 4.69) is 22.6 Å². The largest absolute Gasteiger partial charge is 0.375 e. The molecule has 1 fully saturated rings. The molecule has 0 aromatic heterocycles. The van der Waals surface area contributed by atoms with Gasteiger partial charge >= 0.3 is 0 Å². The SMILES string of the molecule is C[C@@H]1CN(C(=O)c2ccccc2I)CCO1. The maximum Gasteiger partial charge on any atom is 0.255 e. The van der Waals surface area contributed by atoms with Crippen LogP contribution in [0.1, 0.15) is 17.3 Å². The molecule has 2 rings (SSSR count). The molecule has 1 aromatic carbocycles. The van der Waals surface area contributed by atoms with Crippen molar-refractivity contribution in [2.24, 2.45) is 0 Å². The molecule has 1 aromatic rings. The number of carbonyl (C=O) groups is 1. The van der Waals surface area contributed by atoms with Crippen molar-refractivity contribution < 1.29 is 9.53 Å². The first-order valence-corrected chi connectivity index (χ1v) is 6.42. The van der Waals surface area contributed by atoms with Crippen molar-refractivity contribution in [1.82, 2.24) is 4.90 Å². The first kappa shape index (κ1) is 11.9. The zero-order valence-corrected chi connectivity index (χ0v) is 11.3. The molecule has 16 heavy (non-hydrogen) atoms. The first-order chi connectivity index (χ1) is 7.68. The highest BCUT2D eigenvalue weighted by molar-refractivity contribution is 14.1. The van der Waals surface area contributed by atoms with Gasteiger partial charge in [0, 0.05) is 16.7 Å². The van der Waals surface area contributed by atoms with Gasteiger partial charge in [-0.3, -0.25) is 4.79 Å². The van der Waals surface area contributed by atoms with Gasteiger partial charge in [-0.1, -0.05) is 12.1 Å². The summed E-state index contributed by atoms with van der Waals surface area (Å²) in [6.07, 6.45) is 0.138. The van der Waals surface area contributed by atoms with Crippen molar-refractivity contribution in [3.63, 3.8) is 0 Å². The fraction of sp³-hybridized carbons (Fsp3) is 0.417. The van der Waals surface area contributed by atoms with E-state index >= 15 is 0 Å². The van der Waals surface area contributed by atoms with Crippen LogP contribution < -0.4 is 0 Å². The van der Waals surface area contributed by atoms with Gasteiger partial charge < -0.3 is 9.64 Å². The fourth-order valence-electron chi connectivity index (χ4n) is 1.81. The summed E-state index contributed by atoms with van der Waals surface area (Å²) >= 11 is 2.20. The predicted molar refractivity (Wildman–Crippen MR) is 70.5 cm³/mol. The van der Waals surface area contributed by atoms with Gasteiger partial charge in [0.1, 0.15) is 0 Å². The van der Waals surface area contributed by atoms with Crippen molar-refractivity contribution >= 4 is 28.5 Å². The van der Waals surface area contributed by atoms with Crippen LogP contribution >= 0.6 is 22.6 Å². The van der Waals surface area contributed by atoms with E-state index in [1.54, 1.807) is 0 Å². The van der Waals surface area contributed by atoms with Gasteiger partial charge in [-0.15, -0.1) is 0 Å². The van der Waals surface area contributed by atoms with E-state index in [4.69, 9.17) is 4.74 Å². The lowest BCUT2D eigenvalue weighted by Crippen LogP contribution is -2.44. The van der Waals surface area contributed by atoms with Crippen molar-refractivity contribution in [3.05, 3.63) is 33.4 Å². The van der Waals surface area contributed by atoms with Gasteiger partial charge in [0.25, 0.3) is 5.91 Å². The number of hydrogen-bond acceptors (Lipinski definition) is 2. The number of carbonyl (C=O) groups excluding carboxylic acids is 1. The molecule has 0 aliphatic carbocycles. The lowest BCUT2D eigenvalue weighted by molar-refractivity contribution is -0.0124. The van der Waals surface area contributed by atoms with Crippen LogP contribution in [0.3, 0.4) is 0 Å². The minimum Gasteiger partial charge on any atom is -0.375 e. The number of rotatable bonds is 1. The van der Waals surface area contributed by atoms with E-state index in [1.165, 1.54) is 0 Å². The number of ether oxygens (including phenoxy) is 1. The normalized spacial score (nSPS) is 20.9. The number of hydrogen-bond donors (Lipinski definition) is 0. The lowest BCUT2D eigenvalue weighted by Gasteiger charge is -2.31. The molecule has 0 spiro atoms. The highest BCUT2D eigenvalue weighted by atomic mass is 127. The predicted octanol–water partition coefficient (Wildman–Crippen LogP) is 2.15. The van der Waals surface area contributed by atoms with Gasteiger partial charge in [-0.25, -0.2) is 0 Å². The Kier molecular flexibility index (Phi) is 3.81. The third-order valence-corrected chi connectivity index (χ3v) is 3.57. The van der Waals surface area contributed by atoms with Crippen LogP contribution in [0, 0.1) is 3.57 Å². The number of halogens is 1. The van der Waals surface area contributed by atoms with E-state index in [0.29, 0.717) is 19.7 Å². The molecule has 4 heteroatoms. The summed E-state index contributed by atoms with van der Waals surface area (Å²) in [5.41, 5.74) is 0.789. The van der Waals surface area contributed by atoms with Gasteiger partial charge in [-0.05, 0) is 41.6 Å². The second kappa shape index (κ2) is 5.14. The number of benzene rings is 1. The molecule has 0 bridgehead atoms. The van der Waals surface area contributed by atoms with Crippen molar-refractivity contribution in [1.29, 1.82) is 0 Å². The van der Waals surface area contributed by atoms with Gasteiger partial charge in [0.2, 0.25) is 0 Å². The topological polar surface area (TPSA) is 29.5 Å². The molecule has 0 radical (unpaired) electrons. The summed E-state index contributed by atoms with van der Waals surface area (Å²) in [5.74, 6) is 0.111. The van der Waals surface area contributed by atoms with E-state index in [9.17, 15) is 4.79 Å². The highest BCUT2D eigenvalue weighted by Gasteiger charge is 2.23. The third-order valence-electron chi connectivity index (χ3n) is 2.63. The molecule has 0 unspecified atom stereocenters. The Bertz CT molecular complexity index is 394. The van der Waals surface area contributed by atoms with Gasteiger partial charge in [0.15, 0.2) is 0 Å². The van der Waals surface area contributed by atoms with Crippen LogP contribution in [0.15, 0.2) is 24.3 Å². The van der Waals surface area contributed by atoms with Crippen molar-refractivity contribution in [3.8, 4) is 0 Å². The van der Waals surface area contributed by atoms with Crippen LogP contribution in [0.25, 0.3) is 0 Å². The molecule has 1 aliphatic rings. The molecule has 1 heterocycles. The van der Waals surface area contributed by atoms with Crippen LogP contribution in [-0.2, 0) is 4.74 Å². The number of nitrogens with zero attached hydrogens (tertiary/aromatic N) is 1. The average Bonchev–Trinajstić information content (AvgIpc) is 2.29. The summed E-state index contributed by atoms with van der Waals surface area (Å²) in [6.45, 7) is 4.00. The quantitative estimate of drug-likeness (QED) is 0.738. The lowest BCUT2D eigenvalue weighted by atomic mass is 10.2. The summed E-state index contributed by atoms with van der Waals surface area (Å²) in [4.78, 5) is 14.1. The minimum atomic E-state index is 0.111.